The van der Waals surface area contributed by atoms with Crippen LogP contribution in [0.1, 0.15) is 11.4 Å². The average molecular weight is 492 g/mol. The number of azo groups is 1. The number of phenolic OH excluding ortho intramolecular Hbond substituents is 1. The van der Waals surface area contributed by atoms with E-state index in [9.17, 15) is 9.50 Å². The third-order valence-electron chi connectivity index (χ3n) is 5.47. The molecule has 3 heterocycles. The minimum atomic E-state index is -0.539. The van der Waals surface area contributed by atoms with Crippen molar-refractivity contribution >= 4 is 17.3 Å². The van der Waals surface area contributed by atoms with Gasteiger partial charge >= 0.3 is 0 Å². The molecule has 37 heavy (non-hydrogen) atoms. The second-order valence-electron chi connectivity index (χ2n) is 8.24. The second kappa shape index (κ2) is 10.7. The molecule has 5 aromatic rings. The topological polar surface area (TPSA) is 109 Å². The summed E-state index contributed by atoms with van der Waals surface area (Å²) in [5.74, 6) is -0.234. The minimum Gasteiger partial charge on any atom is -0.508 e. The molecule has 5 rings (SSSR count). The lowest BCUT2D eigenvalue weighted by molar-refractivity contribution is 0.475. The van der Waals surface area contributed by atoms with Crippen LogP contribution in [0.2, 0.25) is 0 Å². The summed E-state index contributed by atoms with van der Waals surface area (Å²) in [4.78, 5) is 16.6. The summed E-state index contributed by atoms with van der Waals surface area (Å²) in [5.41, 5.74) is 5.90. The molecule has 0 amide bonds. The van der Waals surface area contributed by atoms with Crippen LogP contribution in [-0.2, 0) is 6.54 Å². The van der Waals surface area contributed by atoms with E-state index in [1.54, 1.807) is 36.7 Å². The Labute approximate surface area is 212 Å². The molecule has 0 radical (unpaired) electrons. The van der Waals surface area contributed by atoms with Gasteiger partial charge in [0.2, 0.25) is 0 Å². The first-order valence-electron chi connectivity index (χ1n) is 11.5. The fourth-order valence-electron chi connectivity index (χ4n) is 3.66. The Balaban J connectivity index is 1.20. The van der Waals surface area contributed by atoms with Gasteiger partial charge in [-0.1, -0.05) is 24.3 Å². The second-order valence-corrected chi connectivity index (χ2v) is 8.24. The van der Waals surface area contributed by atoms with Crippen LogP contribution in [0.3, 0.4) is 0 Å². The monoisotopic (exact) mass is 491 g/mol. The molecule has 0 saturated heterocycles. The Morgan fingerprint density at radius 1 is 0.838 bits per heavy atom. The Morgan fingerprint density at radius 2 is 1.68 bits per heavy atom. The van der Waals surface area contributed by atoms with E-state index in [0.29, 0.717) is 11.3 Å². The van der Waals surface area contributed by atoms with E-state index in [4.69, 9.17) is 0 Å². The summed E-state index contributed by atoms with van der Waals surface area (Å²) in [6, 6.07) is 22.2. The SMILES string of the molecule is Cc1cc(-c2nc(N=NCc3ccc(Nc4ccc(-c5cccc(O)c5)cc4)cn3)ncc2F)ccn1. The fourth-order valence-corrected chi connectivity index (χ4v) is 3.66. The minimum absolute atomic E-state index is 0.0679. The first-order chi connectivity index (χ1) is 18.0. The summed E-state index contributed by atoms with van der Waals surface area (Å²) in [5, 5.41) is 21.1. The van der Waals surface area contributed by atoms with Gasteiger partial charge in [-0.2, -0.15) is 5.11 Å². The van der Waals surface area contributed by atoms with Gasteiger partial charge in [-0.3, -0.25) is 9.97 Å². The van der Waals surface area contributed by atoms with Crippen molar-refractivity contribution in [2.75, 3.05) is 5.32 Å². The van der Waals surface area contributed by atoms with Gasteiger partial charge in [0.05, 0.1) is 23.8 Å². The third-order valence-corrected chi connectivity index (χ3v) is 5.47. The van der Waals surface area contributed by atoms with Crippen LogP contribution in [0.15, 0.2) is 102 Å². The molecule has 9 heteroatoms. The van der Waals surface area contributed by atoms with Crippen LogP contribution in [0.25, 0.3) is 22.4 Å². The number of halogens is 1. The summed E-state index contributed by atoms with van der Waals surface area (Å²) in [6.45, 7) is 2.05. The molecule has 0 spiro atoms. The predicted molar refractivity (Wildman–Crippen MR) is 139 cm³/mol. The highest BCUT2D eigenvalue weighted by Crippen LogP contribution is 2.26. The van der Waals surface area contributed by atoms with Crippen molar-refractivity contribution in [3.05, 3.63) is 109 Å². The van der Waals surface area contributed by atoms with Gasteiger partial charge in [-0.05, 0) is 66.6 Å². The van der Waals surface area contributed by atoms with E-state index in [1.165, 1.54) is 0 Å². The zero-order valence-corrected chi connectivity index (χ0v) is 19.9. The number of aryl methyl sites for hydroxylation is 1. The third kappa shape index (κ3) is 5.96. The highest BCUT2D eigenvalue weighted by Gasteiger charge is 2.10. The van der Waals surface area contributed by atoms with E-state index in [1.807, 2.05) is 55.5 Å². The van der Waals surface area contributed by atoms with E-state index in [0.717, 1.165) is 34.4 Å². The number of nitrogens with zero attached hydrogens (tertiary/aromatic N) is 6. The lowest BCUT2D eigenvalue weighted by atomic mass is 10.1. The van der Waals surface area contributed by atoms with Crippen LogP contribution in [0.4, 0.5) is 21.7 Å². The van der Waals surface area contributed by atoms with Crippen LogP contribution < -0.4 is 5.32 Å². The summed E-state index contributed by atoms with van der Waals surface area (Å²) in [7, 11) is 0. The lowest BCUT2D eigenvalue weighted by Gasteiger charge is -2.08. The number of hydrogen-bond donors (Lipinski definition) is 2. The number of aromatic hydroxyl groups is 1. The predicted octanol–water partition coefficient (Wildman–Crippen LogP) is 6.78. The van der Waals surface area contributed by atoms with Crippen molar-refractivity contribution in [3.8, 4) is 28.1 Å². The number of benzene rings is 2. The molecular weight excluding hydrogens is 469 g/mol. The van der Waals surface area contributed by atoms with Gasteiger partial charge < -0.3 is 10.4 Å². The highest BCUT2D eigenvalue weighted by atomic mass is 19.1. The summed E-state index contributed by atoms with van der Waals surface area (Å²) < 4.78 is 14.2. The van der Waals surface area contributed by atoms with E-state index in [2.05, 4.69) is 35.5 Å². The van der Waals surface area contributed by atoms with Gasteiger partial charge in [0, 0.05) is 23.1 Å². The molecule has 0 aliphatic rings. The molecule has 3 aromatic heterocycles. The van der Waals surface area contributed by atoms with Crippen LogP contribution in [0.5, 0.6) is 5.75 Å². The van der Waals surface area contributed by atoms with Crippen molar-refractivity contribution < 1.29 is 9.50 Å². The van der Waals surface area contributed by atoms with Crippen molar-refractivity contribution in [1.29, 1.82) is 0 Å². The maximum atomic E-state index is 14.2. The van der Waals surface area contributed by atoms with Crippen molar-refractivity contribution in [3.63, 3.8) is 0 Å². The first-order valence-corrected chi connectivity index (χ1v) is 11.5. The smallest absolute Gasteiger partial charge is 0.269 e. The molecule has 0 fully saturated rings. The average Bonchev–Trinajstić information content (AvgIpc) is 2.91. The zero-order valence-electron chi connectivity index (χ0n) is 19.9. The number of phenols is 1. The number of anilines is 2. The van der Waals surface area contributed by atoms with Crippen LogP contribution in [0, 0.1) is 12.7 Å². The Hall–Kier alpha value is -5.05. The zero-order chi connectivity index (χ0) is 25.6. The number of nitrogens with one attached hydrogen (secondary N) is 1. The van der Waals surface area contributed by atoms with Crippen molar-refractivity contribution in [1.82, 2.24) is 19.9 Å². The highest BCUT2D eigenvalue weighted by molar-refractivity contribution is 5.69. The molecule has 0 aliphatic carbocycles. The molecule has 8 nitrogen and oxygen atoms in total. The lowest BCUT2D eigenvalue weighted by Crippen LogP contribution is -1.94. The molecule has 0 bridgehead atoms. The number of pyridine rings is 2. The molecule has 0 unspecified atom stereocenters. The van der Waals surface area contributed by atoms with Crippen LogP contribution >= 0.6 is 0 Å². The van der Waals surface area contributed by atoms with Gasteiger partial charge in [0.1, 0.15) is 18.0 Å². The maximum Gasteiger partial charge on any atom is 0.269 e. The molecule has 0 aliphatic heterocycles. The first kappa shape index (κ1) is 23.7. The van der Waals surface area contributed by atoms with Crippen molar-refractivity contribution in [2.24, 2.45) is 10.2 Å². The van der Waals surface area contributed by atoms with Gasteiger partial charge in [0.25, 0.3) is 5.95 Å². The van der Waals surface area contributed by atoms with Gasteiger partial charge in [0.15, 0.2) is 5.82 Å². The number of aromatic nitrogens is 4. The molecule has 0 atom stereocenters. The van der Waals surface area contributed by atoms with Gasteiger partial charge in [-0.25, -0.2) is 14.4 Å². The Kier molecular flexibility index (Phi) is 6.84. The van der Waals surface area contributed by atoms with E-state index < -0.39 is 5.82 Å². The van der Waals surface area contributed by atoms with Gasteiger partial charge in [-0.15, -0.1) is 5.11 Å². The quantitative estimate of drug-likeness (QED) is 0.243. The normalized spacial score (nSPS) is 11.1. The standard InChI is InChI=1S/C28H22FN7O/c1-18-13-21(11-12-30-18)27-26(29)17-32-28(35-27)36-33-16-23-9-10-24(15-31-23)34-22-7-5-19(6-8-22)20-3-2-4-25(37)14-20/h2-15,17,34,37H,16H2,1H3. The Morgan fingerprint density at radius 3 is 2.43 bits per heavy atom. The molecule has 182 valence electrons. The largest absolute Gasteiger partial charge is 0.508 e. The maximum absolute atomic E-state index is 14.2. The number of rotatable bonds is 7. The van der Waals surface area contributed by atoms with Crippen molar-refractivity contribution in [2.45, 2.75) is 13.5 Å². The van der Waals surface area contributed by atoms with E-state index in [-0.39, 0.29) is 23.9 Å². The Bertz CT molecular complexity index is 1550. The summed E-state index contributed by atoms with van der Waals surface area (Å²) in [6.07, 6.45) is 4.40. The van der Waals surface area contributed by atoms with E-state index >= 15 is 0 Å². The molecule has 2 aromatic carbocycles. The number of hydrogen-bond acceptors (Lipinski definition) is 8. The molecular formula is C28H22FN7O. The summed E-state index contributed by atoms with van der Waals surface area (Å²) >= 11 is 0. The van der Waals surface area contributed by atoms with Crippen LogP contribution in [-0.4, -0.2) is 25.0 Å². The molecule has 0 saturated carbocycles. The molecule has 2 N–H and O–H groups in total. The fraction of sp³-hybridized carbons (Fsp3) is 0.0714.